The number of nitrogens with zero attached hydrogens (tertiary/aromatic N) is 2. The van der Waals surface area contributed by atoms with Gasteiger partial charge in [0.2, 0.25) is 0 Å². The van der Waals surface area contributed by atoms with Crippen LogP contribution in [0.1, 0.15) is 18.5 Å². The van der Waals surface area contributed by atoms with Crippen LogP contribution in [0.15, 0.2) is 41.2 Å². The summed E-state index contributed by atoms with van der Waals surface area (Å²) in [5, 5.41) is 1.52. The van der Waals surface area contributed by atoms with E-state index in [-0.39, 0.29) is 5.56 Å². The molecule has 1 saturated heterocycles. The fraction of sp³-hybridized carbons (Fsp3) is 0.304. The number of nitrogens with one attached hydrogen (secondary N) is 2. The van der Waals surface area contributed by atoms with E-state index in [1.54, 1.807) is 19.2 Å². The van der Waals surface area contributed by atoms with Crippen molar-refractivity contribution in [3.8, 4) is 22.9 Å². The fourth-order valence-corrected chi connectivity index (χ4v) is 4.23. The smallest absolute Gasteiger partial charge is 0.262 e. The molecule has 1 aliphatic rings. The Hall–Kier alpha value is -3.32. The van der Waals surface area contributed by atoms with Gasteiger partial charge in [0.1, 0.15) is 22.7 Å². The molecule has 0 atom stereocenters. The van der Waals surface area contributed by atoms with Crippen LogP contribution in [0.5, 0.6) is 11.5 Å². The lowest BCUT2D eigenvalue weighted by Gasteiger charge is -2.12. The average molecular weight is 404 g/mol. The van der Waals surface area contributed by atoms with E-state index >= 15 is 0 Å². The van der Waals surface area contributed by atoms with Gasteiger partial charge >= 0.3 is 0 Å². The highest BCUT2D eigenvalue weighted by Crippen LogP contribution is 2.29. The fourth-order valence-electron chi connectivity index (χ4n) is 4.23. The number of hydrogen-bond acceptors (Lipinski definition) is 5. The maximum Gasteiger partial charge on any atom is 0.262 e. The number of hydrogen-bond donors (Lipinski definition) is 2. The Bertz CT molecular complexity index is 1290. The molecule has 0 radical (unpaired) electrons. The first-order chi connectivity index (χ1) is 14.6. The van der Waals surface area contributed by atoms with Crippen molar-refractivity contribution in [3.63, 3.8) is 0 Å². The number of likely N-dealkylation sites (tertiary alicyclic amines) is 1. The SMILES string of the molecule is COc1cc(OC)c2c(=O)[nH]c(-c3ccc4[nH]c(CN5CCCC5)cc4c3)nc2c1. The van der Waals surface area contributed by atoms with Gasteiger partial charge in [-0.05, 0) is 50.2 Å². The van der Waals surface area contributed by atoms with E-state index in [2.05, 4.69) is 32.0 Å². The number of benzene rings is 2. The van der Waals surface area contributed by atoms with Gasteiger partial charge in [-0.15, -0.1) is 0 Å². The molecule has 0 unspecified atom stereocenters. The summed E-state index contributed by atoms with van der Waals surface area (Å²) >= 11 is 0. The van der Waals surface area contributed by atoms with Crippen LogP contribution in [-0.4, -0.2) is 47.2 Å². The molecule has 2 N–H and O–H groups in total. The summed E-state index contributed by atoms with van der Waals surface area (Å²) in [6, 6.07) is 11.7. The first-order valence-electron chi connectivity index (χ1n) is 10.1. The maximum absolute atomic E-state index is 12.8. The number of rotatable bonds is 5. The van der Waals surface area contributed by atoms with Crippen LogP contribution in [0.4, 0.5) is 0 Å². The minimum atomic E-state index is -0.238. The molecule has 2 aromatic heterocycles. The number of aromatic nitrogens is 3. The summed E-state index contributed by atoms with van der Waals surface area (Å²) in [7, 11) is 3.11. The van der Waals surface area contributed by atoms with Crippen molar-refractivity contribution in [2.45, 2.75) is 19.4 Å². The van der Waals surface area contributed by atoms with E-state index in [1.165, 1.54) is 25.6 Å². The molecule has 7 heteroatoms. The summed E-state index contributed by atoms with van der Waals surface area (Å²) < 4.78 is 10.7. The van der Waals surface area contributed by atoms with Crippen LogP contribution >= 0.6 is 0 Å². The van der Waals surface area contributed by atoms with Crippen molar-refractivity contribution < 1.29 is 9.47 Å². The molecule has 3 heterocycles. The van der Waals surface area contributed by atoms with E-state index in [9.17, 15) is 4.79 Å². The quantitative estimate of drug-likeness (QED) is 0.530. The Kier molecular flexibility index (Phi) is 4.67. The Morgan fingerprint density at radius 2 is 1.87 bits per heavy atom. The highest BCUT2D eigenvalue weighted by Gasteiger charge is 2.15. The molecule has 1 fully saturated rings. The van der Waals surface area contributed by atoms with Crippen molar-refractivity contribution in [3.05, 3.63) is 52.4 Å². The molecule has 2 aromatic carbocycles. The van der Waals surface area contributed by atoms with Crippen molar-refractivity contribution in [2.24, 2.45) is 0 Å². The second-order valence-corrected chi connectivity index (χ2v) is 7.72. The predicted octanol–water partition coefficient (Wildman–Crippen LogP) is 3.68. The van der Waals surface area contributed by atoms with Crippen LogP contribution < -0.4 is 15.0 Å². The first kappa shape index (κ1) is 18.7. The molecule has 7 nitrogen and oxygen atoms in total. The summed E-state index contributed by atoms with van der Waals surface area (Å²) in [5.74, 6) is 1.56. The number of ether oxygens (including phenoxy) is 2. The molecular formula is C23H24N4O3. The Labute approximate surface area is 173 Å². The predicted molar refractivity (Wildman–Crippen MR) is 117 cm³/mol. The van der Waals surface area contributed by atoms with E-state index in [1.807, 2.05) is 12.1 Å². The van der Waals surface area contributed by atoms with Gasteiger partial charge in [-0.25, -0.2) is 4.98 Å². The zero-order valence-electron chi connectivity index (χ0n) is 17.1. The number of H-pyrrole nitrogens is 2. The van der Waals surface area contributed by atoms with Crippen LogP contribution in [0.3, 0.4) is 0 Å². The summed E-state index contributed by atoms with van der Waals surface area (Å²) in [6.45, 7) is 3.26. The van der Waals surface area contributed by atoms with Gasteiger partial charge in [-0.1, -0.05) is 0 Å². The minimum Gasteiger partial charge on any atom is -0.497 e. The Morgan fingerprint density at radius 3 is 2.63 bits per heavy atom. The van der Waals surface area contributed by atoms with Crippen molar-refractivity contribution >= 4 is 21.8 Å². The highest BCUT2D eigenvalue weighted by molar-refractivity contribution is 5.89. The third-order valence-electron chi connectivity index (χ3n) is 5.74. The standard InChI is InChI=1S/C23H24N4O3/c1-29-17-11-19-21(20(12-17)30-2)23(28)26-22(25-19)14-5-6-18-15(9-14)10-16(24-18)13-27-7-3-4-8-27/h5-6,9-12,24H,3-4,7-8,13H2,1-2H3,(H,25,26,28). The molecule has 0 bridgehead atoms. The topological polar surface area (TPSA) is 83.2 Å². The van der Waals surface area contributed by atoms with E-state index < -0.39 is 0 Å². The van der Waals surface area contributed by atoms with E-state index in [0.717, 1.165) is 36.1 Å². The molecule has 4 aromatic rings. The molecule has 30 heavy (non-hydrogen) atoms. The molecule has 0 spiro atoms. The lowest BCUT2D eigenvalue weighted by atomic mass is 10.1. The van der Waals surface area contributed by atoms with Crippen molar-refractivity contribution in [1.82, 2.24) is 19.9 Å². The van der Waals surface area contributed by atoms with Gasteiger partial charge in [0.05, 0.1) is 19.7 Å². The van der Waals surface area contributed by atoms with Crippen LogP contribution in [0.25, 0.3) is 33.2 Å². The lowest BCUT2D eigenvalue weighted by Crippen LogP contribution is -2.18. The van der Waals surface area contributed by atoms with Gasteiger partial charge in [-0.3, -0.25) is 9.69 Å². The number of aromatic amines is 2. The third-order valence-corrected chi connectivity index (χ3v) is 5.74. The summed E-state index contributed by atoms with van der Waals surface area (Å²) in [4.78, 5) is 26.3. The van der Waals surface area contributed by atoms with Crippen LogP contribution in [0.2, 0.25) is 0 Å². The molecule has 0 aliphatic carbocycles. The second-order valence-electron chi connectivity index (χ2n) is 7.72. The normalized spacial score (nSPS) is 14.6. The zero-order chi connectivity index (χ0) is 20.7. The second kappa shape index (κ2) is 7.50. The van der Waals surface area contributed by atoms with Crippen LogP contribution in [-0.2, 0) is 6.54 Å². The summed E-state index contributed by atoms with van der Waals surface area (Å²) in [6.07, 6.45) is 2.56. The highest BCUT2D eigenvalue weighted by atomic mass is 16.5. The van der Waals surface area contributed by atoms with Gasteiger partial charge in [0.15, 0.2) is 0 Å². The monoisotopic (exact) mass is 404 g/mol. The molecular weight excluding hydrogens is 380 g/mol. The van der Waals surface area contributed by atoms with Gasteiger partial charge < -0.3 is 19.4 Å². The largest absolute Gasteiger partial charge is 0.497 e. The van der Waals surface area contributed by atoms with Gasteiger partial charge in [-0.2, -0.15) is 0 Å². The van der Waals surface area contributed by atoms with Crippen LogP contribution in [0, 0.1) is 0 Å². The average Bonchev–Trinajstić information content (AvgIpc) is 3.41. The Morgan fingerprint density at radius 1 is 1.03 bits per heavy atom. The summed E-state index contributed by atoms with van der Waals surface area (Å²) in [5.41, 5.74) is 3.44. The maximum atomic E-state index is 12.8. The lowest BCUT2D eigenvalue weighted by molar-refractivity contribution is 0.328. The minimum absolute atomic E-state index is 0.238. The molecule has 0 amide bonds. The van der Waals surface area contributed by atoms with Gasteiger partial charge in [0, 0.05) is 40.8 Å². The van der Waals surface area contributed by atoms with Gasteiger partial charge in [0.25, 0.3) is 5.56 Å². The molecule has 5 rings (SSSR count). The molecule has 154 valence electrons. The zero-order valence-corrected chi connectivity index (χ0v) is 17.1. The number of fused-ring (bicyclic) bond motifs is 2. The van der Waals surface area contributed by atoms with E-state index in [0.29, 0.717) is 28.2 Å². The molecule has 0 saturated carbocycles. The first-order valence-corrected chi connectivity index (χ1v) is 10.1. The Balaban J connectivity index is 1.56. The van der Waals surface area contributed by atoms with Crippen molar-refractivity contribution in [2.75, 3.05) is 27.3 Å². The van der Waals surface area contributed by atoms with E-state index in [4.69, 9.17) is 9.47 Å². The molecule has 1 aliphatic heterocycles. The third kappa shape index (κ3) is 3.31. The van der Waals surface area contributed by atoms with Crippen molar-refractivity contribution in [1.29, 1.82) is 0 Å². The number of methoxy groups -OCH3 is 2.